The van der Waals surface area contributed by atoms with E-state index in [4.69, 9.17) is 0 Å². The molecular formula is C22H36O5. The minimum atomic E-state index is -1.83. The molecule has 154 valence electrons. The summed E-state index contributed by atoms with van der Waals surface area (Å²) in [5, 5.41) is 0. The summed E-state index contributed by atoms with van der Waals surface area (Å²) in [6.07, 6.45) is -0.0444. The van der Waals surface area contributed by atoms with E-state index in [0.717, 1.165) is 0 Å². The lowest BCUT2D eigenvalue weighted by molar-refractivity contribution is -0.162. The van der Waals surface area contributed by atoms with E-state index < -0.39 is 34.2 Å². The van der Waals surface area contributed by atoms with Crippen molar-refractivity contribution in [2.24, 2.45) is 34.5 Å². The first-order chi connectivity index (χ1) is 12.2. The Kier molecular flexibility index (Phi) is 8.94. The van der Waals surface area contributed by atoms with E-state index in [1.54, 1.807) is 55.4 Å². The number of rotatable bonds is 12. The van der Waals surface area contributed by atoms with Crippen molar-refractivity contribution in [1.82, 2.24) is 0 Å². The minimum Gasteiger partial charge on any atom is -0.303 e. The van der Waals surface area contributed by atoms with Gasteiger partial charge in [-0.3, -0.25) is 19.2 Å². The van der Waals surface area contributed by atoms with Crippen LogP contribution in [-0.4, -0.2) is 29.4 Å². The first kappa shape index (κ1) is 25.4. The summed E-state index contributed by atoms with van der Waals surface area (Å²) in [7, 11) is 0. The summed E-state index contributed by atoms with van der Waals surface area (Å²) in [4.78, 5) is 64.2. The molecule has 0 aromatic carbocycles. The highest BCUT2D eigenvalue weighted by Crippen LogP contribution is 2.49. The molecule has 5 nitrogen and oxygen atoms in total. The van der Waals surface area contributed by atoms with E-state index in [1.807, 2.05) is 0 Å². The van der Waals surface area contributed by atoms with Crippen molar-refractivity contribution in [1.29, 1.82) is 0 Å². The molecule has 0 aromatic heterocycles. The van der Waals surface area contributed by atoms with Crippen LogP contribution in [0.25, 0.3) is 0 Å². The Bertz CT molecular complexity index is 578. The molecule has 0 aliphatic carbocycles. The van der Waals surface area contributed by atoms with E-state index in [2.05, 4.69) is 0 Å². The van der Waals surface area contributed by atoms with Crippen molar-refractivity contribution in [3.8, 4) is 0 Å². The largest absolute Gasteiger partial charge is 0.303 e. The molecule has 0 heterocycles. The summed E-state index contributed by atoms with van der Waals surface area (Å²) >= 11 is 0. The summed E-state index contributed by atoms with van der Waals surface area (Å²) in [5.41, 5.74) is -3.40. The summed E-state index contributed by atoms with van der Waals surface area (Å²) in [5.74, 6) is -3.20. The zero-order valence-corrected chi connectivity index (χ0v) is 18.3. The van der Waals surface area contributed by atoms with E-state index >= 15 is 0 Å². The Morgan fingerprint density at radius 3 is 1.26 bits per heavy atom. The van der Waals surface area contributed by atoms with Gasteiger partial charge in [-0.2, -0.15) is 0 Å². The molecule has 0 spiro atoms. The quantitative estimate of drug-likeness (QED) is 0.379. The van der Waals surface area contributed by atoms with Gasteiger partial charge in [-0.1, -0.05) is 62.3 Å². The van der Waals surface area contributed by atoms with E-state index in [1.165, 1.54) is 6.92 Å². The topological polar surface area (TPSA) is 85.3 Å². The maximum Gasteiger partial charge on any atom is 0.150 e. The van der Waals surface area contributed by atoms with Crippen molar-refractivity contribution >= 4 is 29.4 Å². The highest BCUT2D eigenvalue weighted by Gasteiger charge is 2.60. The normalized spacial score (nSPS) is 14.6. The predicted octanol–water partition coefficient (Wildman–Crippen LogP) is 3.86. The van der Waals surface area contributed by atoms with Gasteiger partial charge in [-0.05, 0) is 0 Å². The van der Waals surface area contributed by atoms with Gasteiger partial charge in [0, 0.05) is 41.9 Å². The Balaban J connectivity index is 6.85. The number of hydrogen-bond acceptors (Lipinski definition) is 5. The fourth-order valence-electron chi connectivity index (χ4n) is 3.37. The lowest BCUT2D eigenvalue weighted by Crippen LogP contribution is -2.57. The van der Waals surface area contributed by atoms with E-state index in [-0.39, 0.29) is 36.2 Å². The van der Waals surface area contributed by atoms with Crippen LogP contribution in [0.3, 0.4) is 0 Å². The fraction of sp³-hybridized carbons (Fsp3) is 0.773. The molecule has 0 saturated carbocycles. The summed E-state index contributed by atoms with van der Waals surface area (Å²) < 4.78 is 0. The van der Waals surface area contributed by atoms with Crippen molar-refractivity contribution in [3.63, 3.8) is 0 Å². The van der Waals surface area contributed by atoms with Crippen LogP contribution in [0.1, 0.15) is 75.2 Å². The number of Topliss-reactive ketones (excluding diaryl/α,β-unsaturated/α-hetero) is 4. The second-order valence-corrected chi connectivity index (χ2v) is 9.07. The second-order valence-electron chi connectivity index (χ2n) is 9.07. The van der Waals surface area contributed by atoms with Gasteiger partial charge in [0.15, 0.2) is 0 Å². The maximum absolute atomic E-state index is 13.4. The molecule has 0 radical (unpaired) electrons. The number of carbonyl (C=O) groups excluding carboxylic acids is 5. The molecule has 0 aliphatic heterocycles. The van der Waals surface area contributed by atoms with Crippen LogP contribution in [0, 0.1) is 34.5 Å². The van der Waals surface area contributed by atoms with Crippen LogP contribution in [0.4, 0.5) is 0 Å². The van der Waals surface area contributed by atoms with Gasteiger partial charge in [0.05, 0.1) is 0 Å². The molecule has 0 N–H and O–H groups in total. The van der Waals surface area contributed by atoms with Crippen molar-refractivity contribution in [2.75, 3.05) is 0 Å². The third-order valence-corrected chi connectivity index (χ3v) is 5.39. The molecule has 27 heavy (non-hydrogen) atoms. The molecular weight excluding hydrogens is 344 g/mol. The summed E-state index contributed by atoms with van der Waals surface area (Å²) in [6, 6.07) is 0. The van der Waals surface area contributed by atoms with Gasteiger partial charge in [-0.15, -0.1) is 0 Å². The molecule has 0 fully saturated rings. The zero-order valence-electron chi connectivity index (χ0n) is 18.3. The predicted molar refractivity (Wildman–Crippen MR) is 105 cm³/mol. The lowest BCUT2D eigenvalue weighted by atomic mass is 9.53. The molecule has 5 heteroatoms. The maximum atomic E-state index is 13.4. The molecule has 0 aliphatic rings. The van der Waals surface area contributed by atoms with E-state index in [0.29, 0.717) is 6.29 Å². The lowest BCUT2D eigenvalue weighted by Gasteiger charge is -2.45. The molecule has 0 saturated heterocycles. The highest BCUT2D eigenvalue weighted by atomic mass is 16.2. The number of ketones is 4. The molecule has 0 amide bonds. The first-order valence-corrected chi connectivity index (χ1v) is 9.78. The number of hydrogen-bond donors (Lipinski definition) is 0. The van der Waals surface area contributed by atoms with Crippen molar-refractivity contribution in [3.05, 3.63) is 0 Å². The zero-order chi connectivity index (χ0) is 21.7. The van der Waals surface area contributed by atoms with Crippen LogP contribution >= 0.6 is 0 Å². The Hall–Kier alpha value is -1.65. The number of aldehydes is 1. The average Bonchev–Trinajstić information content (AvgIpc) is 2.57. The fourth-order valence-corrected chi connectivity index (χ4v) is 3.37. The highest BCUT2D eigenvalue weighted by molar-refractivity contribution is 6.14. The monoisotopic (exact) mass is 380 g/mol. The standard InChI is InChI=1S/C22H36O5/c1-13(2)17(24)10-21(9,12-23)22(19(26)15(5)6,20(27)16(7)8)11-18(25)14(3)4/h12-16H,10-11H2,1-9H3. The van der Waals surface area contributed by atoms with Gasteiger partial charge in [0.25, 0.3) is 0 Å². The molecule has 0 bridgehead atoms. The third-order valence-electron chi connectivity index (χ3n) is 5.39. The SMILES string of the molecule is CC(C)C(=O)CC(C)(C=O)C(CC(=O)C(C)C)(C(=O)C(C)C)C(=O)C(C)C. The average molecular weight is 381 g/mol. The van der Waals surface area contributed by atoms with Crippen LogP contribution < -0.4 is 0 Å². The Labute approximate surface area is 163 Å². The second kappa shape index (κ2) is 9.52. The van der Waals surface area contributed by atoms with Gasteiger partial charge < -0.3 is 4.79 Å². The van der Waals surface area contributed by atoms with Crippen molar-refractivity contribution < 1.29 is 24.0 Å². The molecule has 1 atom stereocenters. The van der Waals surface area contributed by atoms with Gasteiger partial charge >= 0.3 is 0 Å². The number of carbonyl (C=O) groups is 5. The summed E-state index contributed by atoms with van der Waals surface area (Å²) in [6.45, 7) is 14.9. The van der Waals surface area contributed by atoms with Crippen molar-refractivity contribution in [2.45, 2.75) is 75.2 Å². The molecule has 1 unspecified atom stereocenters. The smallest absolute Gasteiger partial charge is 0.150 e. The van der Waals surface area contributed by atoms with E-state index in [9.17, 15) is 24.0 Å². The molecule has 0 aromatic rings. The van der Waals surface area contributed by atoms with Gasteiger partial charge in [0.2, 0.25) is 0 Å². The van der Waals surface area contributed by atoms with Crippen LogP contribution in [-0.2, 0) is 24.0 Å². The minimum absolute atomic E-state index is 0.209. The van der Waals surface area contributed by atoms with Crippen LogP contribution in [0.5, 0.6) is 0 Å². The molecule has 0 rings (SSSR count). The van der Waals surface area contributed by atoms with Crippen LogP contribution in [0.15, 0.2) is 0 Å². The third kappa shape index (κ3) is 5.20. The van der Waals surface area contributed by atoms with Gasteiger partial charge in [-0.25, -0.2) is 0 Å². The van der Waals surface area contributed by atoms with Crippen LogP contribution in [0.2, 0.25) is 0 Å². The van der Waals surface area contributed by atoms with Gasteiger partial charge in [0.1, 0.15) is 34.8 Å². The Morgan fingerprint density at radius 2 is 1.00 bits per heavy atom. The Morgan fingerprint density at radius 1 is 0.667 bits per heavy atom. The first-order valence-electron chi connectivity index (χ1n) is 9.78.